The van der Waals surface area contributed by atoms with Crippen LogP contribution in [0.3, 0.4) is 0 Å². The van der Waals surface area contributed by atoms with Gasteiger partial charge < -0.3 is 15.6 Å². The second kappa shape index (κ2) is 5.56. The fourth-order valence-electron chi connectivity index (χ4n) is 1.67. The Morgan fingerprint density at radius 1 is 1.06 bits per heavy atom. The van der Waals surface area contributed by atoms with Crippen molar-refractivity contribution >= 4 is 5.69 Å². The molecule has 0 atom stereocenters. The first-order chi connectivity index (χ1) is 8.69. The first kappa shape index (κ1) is 12.5. The molecule has 94 valence electrons. The van der Waals surface area contributed by atoms with Crippen LogP contribution in [0.2, 0.25) is 0 Å². The van der Waals surface area contributed by atoms with Crippen molar-refractivity contribution in [2.75, 3.05) is 5.73 Å². The van der Waals surface area contributed by atoms with Gasteiger partial charge in [0.25, 0.3) is 0 Å². The van der Waals surface area contributed by atoms with E-state index in [1.54, 1.807) is 0 Å². The number of ether oxygens (including phenoxy) is 1. The number of rotatable bonds is 4. The van der Waals surface area contributed by atoms with Crippen molar-refractivity contribution in [1.29, 1.82) is 0 Å². The maximum Gasteiger partial charge on any atom is 0.124 e. The monoisotopic (exact) mass is 243 g/mol. The molecule has 3 heteroatoms. The molecule has 0 spiro atoms. The zero-order valence-electron chi connectivity index (χ0n) is 10.4. The Morgan fingerprint density at radius 2 is 1.72 bits per heavy atom. The van der Waals surface area contributed by atoms with E-state index in [1.165, 1.54) is 0 Å². The van der Waals surface area contributed by atoms with Gasteiger partial charge in [0.2, 0.25) is 0 Å². The van der Waals surface area contributed by atoms with Crippen molar-refractivity contribution in [3.05, 3.63) is 59.2 Å². The van der Waals surface area contributed by atoms with E-state index in [9.17, 15) is 0 Å². The Hall–Kier alpha value is -2.00. The largest absolute Gasteiger partial charge is 0.489 e. The third-order valence-corrected chi connectivity index (χ3v) is 2.81. The maximum absolute atomic E-state index is 8.96. The lowest BCUT2D eigenvalue weighted by Gasteiger charge is -2.10. The topological polar surface area (TPSA) is 55.5 Å². The second-order valence-electron chi connectivity index (χ2n) is 4.29. The second-order valence-corrected chi connectivity index (χ2v) is 4.29. The highest BCUT2D eigenvalue weighted by molar-refractivity contribution is 5.48. The van der Waals surface area contributed by atoms with Crippen LogP contribution in [0.4, 0.5) is 5.69 Å². The van der Waals surface area contributed by atoms with Gasteiger partial charge in [0.05, 0.1) is 6.61 Å². The molecule has 0 aliphatic rings. The van der Waals surface area contributed by atoms with Crippen LogP contribution in [-0.2, 0) is 13.2 Å². The van der Waals surface area contributed by atoms with Crippen molar-refractivity contribution in [2.45, 2.75) is 20.1 Å². The number of aryl methyl sites for hydroxylation is 1. The van der Waals surface area contributed by atoms with Crippen molar-refractivity contribution < 1.29 is 9.84 Å². The van der Waals surface area contributed by atoms with Crippen molar-refractivity contribution in [2.24, 2.45) is 0 Å². The van der Waals surface area contributed by atoms with E-state index in [0.717, 1.165) is 22.4 Å². The van der Waals surface area contributed by atoms with Crippen LogP contribution in [0.5, 0.6) is 5.75 Å². The molecule has 0 radical (unpaired) electrons. The van der Waals surface area contributed by atoms with E-state index < -0.39 is 0 Å². The molecule has 0 aliphatic carbocycles. The van der Waals surface area contributed by atoms with Gasteiger partial charge in [-0.3, -0.25) is 0 Å². The molecule has 18 heavy (non-hydrogen) atoms. The van der Waals surface area contributed by atoms with Crippen molar-refractivity contribution in [3.63, 3.8) is 0 Å². The number of nitrogen functional groups attached to an aromatic ring is 1. The lowest BCUT2D eigenvalue weighted by Crippen LogP contribution is -1.98. The van der Waals surface area contributed by atoms with Gasteiger partial charge in [-0.1, -0.05) is 30.3 Å². The first-order valence-electron chi connectivity index (χ1n) is 5.86. The average Bonchev–Trinajstić information content (AvgIpc) is 2.40. The Morgan fingerprint density at radius 3 is 2.39 bits per heavy atom. The van der Waals surface area contributed by atoms with Crippen LogP contribution in [0.15, 0.2) is 42.5 Å². The Kier molecular flexibility index (Phi) is 3.85. The third-order valence-electron chi connectivity index (χ3n) is 2.81. The molecule has 0 aromatic heterocycles. The molecule has 3 N–H and O–H groups in total. The highest BCUT2D eigenvalue weighted by Gasteiger charge is 2.01. The summed E-state index contributed by atoms with van der Waals surface area (Å²) in [5.74, 6) is 0.807. The normalized spacial score (nSPS) is 10.3. The molecular weight excluding hydrogens is 226 g/mol. The van der Waals surface area contributed by atoms with Gasteiger partial charge in [-0.2, -0.15) is 0 Å². The van der Waals surface area contributed by atoms with Crippen LogP contribution in [0.25, 0.3) is 0 Å². The molecule has 3 nitrogen and oxygen atoms in total. The van der Waals surface area contributed by atoms with Gasteiger partial charge in [-0.25, -0.2) is 0 Å². The summed E-state index contributed by atoms with van der Waals surface area (Å²) in [6, 6.07) is 13.3. The zero-order chi connectivity index (χ0) is 13.0. The number of hydrogen-bond acceptors (Lipinski definition) is 3. The van der Waals surface area contributed by atoms with Gasteiger partial charge in [0, 0.05) is 11.8 Å². The minimum Gasteiger partial charge on any atom is -0.489 e. The van der Waals surface area contributed by atoms with Crippen LogP contribution < -0.4 is 10.5 Å². The predicted octanol–water partition coefficient (Wildman–Crippen LogP) is 2.65. The molecule has 0 aliphatic heterocycles. The number of aliphatic hydroxyl groups is 1. The summed E-state index contributed by atoms with van der Waals surface area (Å²) in [4.78, 5) is 0. The molecule has 0 saturated carbocycles. The molecule has 0 heterocycles. The minimum atomic E-state index is 0.0649. The molecular formula is C15H17NO2. The van der Waals surface area contributed by atoms with Crippen LogP contribution >= 0.6 is 0 Å². The highest BCUT2D eigenvalue weighted by atomic mass is 16.5. The number of benzene rings is 2. The summed E-state index contributed by atoms with van der Waals surface area (Å²) < 4.78 is 5.73. The quantitative estimate of drug-likeness (QED) is 0.812. The lowest BCUT2D eigenvalue weighted by molar-refractivity contribution is 0.281. The van der Waals surface area contributed by atoms with Crippen LogP contribution in [0.1, 0.15) is 16.7 Å². The van der Waals surface area contributed by atoms with Crippen molar-refractivity contribution in [3.8, 4) is 5.75 Å². The van der Waals surface area contributed by atoms with Crippen LogP contribution in [0, 0.1) is 6.92 Å². The molecule has 0 saturated heterocycles. The SMILES string of the molecule is Cc1ccc(N)cc1OCc1ccc(CO)cc1. The smallest absolute Gasteiger partial charge is 0.124 e. The lowest BCUT2D eigenvalue weighted by atomic mass is 10.1. The summed E-state index contributed by atoms with van der Waals surface area (Å²) in [5.41, 5.74) is 9.46. The molecule has 0 fully saturated rings. The zero-order valence-corrected chi connectivity index (χ0v) is 10.4. The number of anilines is 1. The summed E-state index contributed by atoms with van der Waals surface area (Å²) in [6.45, 7) is 2.55. The van der Waals surface area contributed by atoms with Gasteiger partial charge in [0.1, 0.15) is 12.4 Å². The summed E-state index contributed by atoms with van der Waals surface area (Å²) in [6.07, 6.45) is 0. The third kappa shape index (κ3) is 3.02. The van der Waals surface area contributed by atoms with E-state index in [-0.39, 0.29) is 6.61 Å². The standard InChI is InChI=1S/C15H17NO2/c1-11-2-7-14(16)8-15(11)18-10-13-5-3-12(9-17)4-6-13/h2-8,17H,9-10,16H2,1H3. The highest BCUT2D eigenvalue weighted by Crippen LogP contribution is 2.21. The van der Waals surface area contributed by atoms with Gasteiger partial charge in [-0.05, 0) is 29.7 Å². The number of nitrogens with two attached hydrogens (primary N) is 1. The van der Waals surface area contributed by atoms with Gasteiger partial charge in [0.15, 0.2) is 0 Å². The minimum absolute atomic E-state index is 0.0649. The molecule has 0 unspecified atom stereocenters. The maximum atomic E-state index is 8.96. The van der Waals surface area contributed by atoms with E-state index in [0.29, 0.717) is 12.3 Å². The molecule has 0 amide bonds. The predicted molar refractivity (Wildman–Crippen MR) is 72.3 cm³/mol. The summed E-state index contributed by atoms with van der Waals surface area (Å²) >= 11 is 0. The number of aliphatic hydroxyl groups excluding tert-OH is 1. The van der Waals surface area contributed by atoms with Gasteiger partial charge >= 0.3 is 0 Å². The van der Waals surface area contributed by atoms with E-state index in [4.69, 9.17) is 15.6 Å². The molecule has 2 aromatic rings. The van der Waals surface area contributed by atoms with E-state index in [2.05, 4.69) is 0 Å². The molecule has 2 rings (SSSR count). The average molecular weight is 243 g/mol. The van der Waals surface area contributed by atoms with Crippen LogP contribution in [-0.4, -0.2) is 5.11 Å². The van der Waals surface area contributed by atoms with Gasteiger partial charge in [-0.15, -0.1) is 0 Å². The fourth-order valence-corrected chi connectivity index (χ4v) is 1.67. The molecule has 0 bridgehead atoms. The van der Waals surface area contributed by atoms with E-state index >= 15 is 0 Å². The van der Waals surface area contributed by atoms with Crippen molar-refractivity contribution in [1.82, 2.24) is 0 Å². The summed E-state index contributed by atoms with van der Waals surface area (Å²) in [5, 5.41) is 8.96. The Balaban J connectivity index is 2.04. The molecule has 2 aromatic carbocycles. The Bertz CT molecular complexity index is 521. The number of hydrogen-bond donors (Lipinski definition) is 2. The fraction of sp³-hybridized carbons (Fsp3) is 0.200. The Labute approximate surface area is 107 Å². The van der Waals surface area contributed by atoms with E-state index in [1.807, 2.05) is 49.4 Å². The summed E-state index contributed by atoms with van der Waals surface area (Å²) in [7, 11) is 0. The first-order valence-corrected chi connectivity index (χ1v) is 5.86.